The van der Waals surface area contributed by atoms with Crippen LogP contribution in [0.5, 0.6) is 0 Å². The number of halogens is 2. The van der Waals surface area contributed by atoms with Gasteiger partial charge in [0.2, 0.25) is 5.91 Å². The quantitative estimate of drug-likeness (QED) is 0.388. The van der Waals surface area contributed by atoms with Crippen molar-refractivity contribution in [1.82, 2.24) is 25.8 Å². The van der Waals surface area contributed by atoms with Gasteiger partial charge in [0.05, 0.1) is 24.5 Å². The van der Waals surface area contributed by atoms with E-state index in [1.54, 1.807) is 18.0 Å². The lowest BCUT2D eigenvalue weighted by Crippen LogP contribution is -2.47. The van der Waals surface area contributed by atoms with E-state index in [2.05, 4.69) is 15.8 Å². The zero-order valence-corrected chi connectivity index (χ0v) is 22.5. The number of likely N-dealkylation sites (N-methyl/N-ethyl adjacent to an activating group) is 2. The highest BCUT2D eigenvalue weighted by atomic mass is 35.5. The van der Waals surface area contributed by atoms with Crippen LogP contribution in [-0.2, 0) is 22.7 Å². The first kappa shape index (κ1) is 28.5. The highest BCUT2D eigenvalue weighted by Gasteiger charge is 2.26. The van der Waals surface area contributed by atoms with Crippen LogP contribution in [0.4, 0.5) is 10.1 Å². The Morgan fingerprint density at radius 1 is 1.08 bits per heavy atom. The van der Waals surface area contributed by atoms with Crippen molar-refractivity contribution in [2.75, 3.05) is 44.7 Å². The molecule has 0 unspecified atom stereocenters. The second kappa shape index (κ2) is 12.5. The van der Waals surface area contributed by atoms with Gasteiger partial charge in [-0.1, -0.05) is 18.1 Å². The maximum atomic E-state index is 13.5. The van der Waals surface area contributed by atoms with E-state index in [0.717, 1.165) is 40.0 Å². The largest absolute Gasteiger partial charge is 0.356 e. The fourth-order valence-corrected chi connectivity index (χ4v) is 4.44. The topological polar surface area (TPSA) is 94.0 Å². The molecule has 37 heavy (non-hydrogen) atoms. The molecule has 3 aromatic rings. The van der Waals surface area contributed by atoms with Gasteiger partial charge in [0.15, 0.2) is 5.58 Å². The van der Waals surface area contributed by atoms with Crippen molar-refractivity contribution in [3.8, 4) is 0 Å². The van der Waals surface area contributed by atoms with Gasteiger partial charge in [0.25, 0.3) is 5.91 Å². The molecule has 0 fully saturated rings. The van der Waals surface area contributed by atoms with Gasteiger partial charge in [0.1, 0.15) is 5.82 Å². The fraction of sp³-hybridized carbons (Fsp3) is 0.423. The molecule has 0 saturated heterocycles. The van der Waals surface area contributed by atoms with Crippen molar-refractivity contribution in [2.24, 2.45) is 0 Å². The molecule has 1 aromatic heterocycles. The average Bonchev–Trinajstić information content (AvgIpc) is 3.43. The highest BCUT2D eigenvalue weighted by Crippen LogP contribution is 2.28. The molecule has 0 spiro atoms. The number of carbonyl (C=O) groups is 2. The van der Waals surface area contributed by atoms with Crippen LogP contribution in [0, 0.1) is 19.7 Å². The minimum Gasteiger partial charge on any atom is -0.356 e. The zero-order valence-electron chi connectivity index (χ0n) is 21.6. The minimum atomic E-state index is -0.281. The average molecular weight is 533 g/mol. The predicted octanol–water partition coefficient (Wildman–Crippen LogP) is 2.93. The third kappa shape index (κ3) is 6.45. The van der Waals surface area contributed by atoms with Gasteiger partial charge in [0, 0.05) is 44.7 Å². The van der Waals surface area contributed by atoms with E-state index in [1.165, 1.54) is 17.1 Å². The molecule has 9 nitrogen and oxygen atoms in total. The number of carbonyl (C=O) groups excluding carboxylic acids is 2. The normalized spacial score (nSPS) is 12.9. The summed E-state index contributed by atoms with van der Waals surface area (Å²) in [6.45, 7) is 8.78. The standard InChI is InChI=1S/C26H33FN6O3.ClH/c1-5-28-8-9-33(23-12-24-22(10-17(23)2)18(3)30-36-24)26(35)14-29-13-25(34)31(4)32-15-19-6-7-21(27)11-20(19)16-32;/h6-7,10-12,28-29H,5,8-9,13-16H2,1-4H3;1H. The van der Waals surface area contributed by atoms with Crippen molar-refractivity contribution >= 4 is 40.9 Å². The Labute approximate surface area is 222 Å². The van der Waals surface area contributed by atoms with Crippen molar-refractivity contribution in [3.63, 3.8) is 0 Å². The number of benzene rings is 2. The molecule has 0 aliphatic carbocycles. The van der Waals surface area contributed by atoms with Gasteiger partial charge in [-0.05, 0) is 55.3 Å². The van der Waals surface area contributed by atoms with E-state index >= 15 is 0 Å². The molecule has 0 atom stereocenters. The number of anilines is 1. The smallest absolute Gasteiger partial charge is 0.250 e. The number of hydrogen-bond acceptors (Lipinski definition) is 7. The van der Waals surface area contributed by atoms with Crippen LogP contribution >= 0.6 is 12.4 Å². The molecule has 2 aromatic carbocycles. The minimum absolute atomic E-state index is 0. The summed E-state index contributed by atoms with van der Waals surface area (Å²) < 4.78 is 18.9. The summed E-state index contributed by atoms with van der Waals surface area (Å²) in [6.07, 6.45) is 0. The zero-order chi connectivity index (χ0) is 25.8. The maximum Gasteiger partial charge on any atom is 0.250 e. The second-order valence-electron chi connectivity index (χ2n) is 9.06. The van der Waals surface area contributed by atoms with E-state index in [-0.39, 0.29) is 43.1 Å². The highest BCUT2D eigenvalue weighted by molar-refractivity contribution is 5.98. The Hall–Kier alpha value is -3.05. The van der Waals surface area contributed by atoms with Gasteiger partial charge in [-0.2, -0.15) is 0 Å². The van der Waals surface area contributed by atoms with Crippen LogP contribution in [0.1, 0.15) is 29.3 Å². The summed E-state index contributed by atoms with van der Waals surface area (Å²) in [5.74, 6) is -0.604. The molecule has 1 aliphatic heterocycles. The Morgan fingerprint density at radius 2 is 1.81 bits per heavy atom. The maximum absolute atomic E-state index is 13.5. The number of amides is 2. The van der Waals surface area contributed by atoms with E-state index in [9.17, 15) is 14.0 Å². The van der Waals surface area contributed by atoms with Crippen LogP contribution in [0.2, 0.25) is 0 Å². The molecule has 2 N–H and O–H groups in total. The van der Waals surface area contributed by atoms with Crippen LogP contribution < -0.4 is 15.5 Å². The molecule has 2 amide bonds. The molecular weight excluding hydrogens is 499 g/mol. The second-order valence-corrected chi connectivity index (χ2v) is 9.06. The number of rotatable bonds is 10. The third-order valence-electron chi connectivity index (χ3n) is 6.53. The Bertz CT molecular complexity index is 1270. The number of fused-ring (bicyclic) bond motifs is 2. The van der Waals surface area contributed by atoms with Gasteiger partial charge in [-0.25, -0.2) is 9.40 Å². The van der Waals surface area contributed by atoms with E-state index in [0.29, 0.717) is 31.8 Å². The Kier molecular flexibility index (Phi) is 9.61. The number of nitrogens with zero attached hydrogens (tertiary/aromatic N) is 4. The van der Waals surface area contributed by atoms with Crippen molar-refractivity contribution in [1.29, 1.82) is 0 Å². The molecule has 200 valence electrons. The summed E-state index contributed by atoms with van der Waals surface area (Å²) in [7, 11) is 1.69. The first-order valence-electron chi connectivity index (χ1n) is 12.2. The summed E-state index contributed by atoms with van der Waals surface area (Å²) in [5, 5.41) is 14.6. The fourth-order valence-electron chi connectivity index (χ4n) is 4.44. The molecule has 11 heteroatoms. The lowest BCUT2D eigenvalue weighted by atomic mass is 10.1. The van der Waals surface area contributed by atoms with E-state index < -0.39 is 0 Å². The van der Waals surface area contributed by atoms with Crippen molar-refractivity contribution in [3.05, 3.63) is 58.5 Å². The number of nitrogens with one attached hydrogen (secondary N) is 2. The molecule has 0 bridgehead atoms. The SMILES string of the molecule is CCNCCN(C(=O)CNCC(=O)N(C)N1Cc2ccc(F)cc2C1)c1cc2onc(C)c2cc1C.Cl. The van der Waals surface area contributed by atoms with Gasteiger partial charge >= 0.3 is 0 Å². The van der Waals surface area contributed by atoms with Crippen molar-refractivity contribution < 1.29 is 18.5 Å². The predicted molar refractivity (Wildman–Crippen MR) is 143 cm³/mol. The first-order valence-corrected chi connectivity index (χ1v) is 12.2. The molecular formula is C26H34ClFN6O3. The summed E-state index contributed by atoms with van der Waals surface area (Å²) in [6, 6.07) is 8.52. The summed E-state index contributed by atoms with van der Waals surface area (Å²) in [4.78, 5) is 27.7. The van der Waals surface area contributed by atoms with Crippen LogP contribution in [0.25, 0.3) is 11.0 Å². The Balaban J connectivity index is 0.00000380. The molecule has 0 saturated carbocycles. The van der Waals surface area contributed by atoms with Gasteiger partial charge in [-0.15, -0.1) is 12.4 Å². The Morgan fingerprint density at radius 3 is 2.57 bits per heavy atom. The molecule has 2 heterocycles. The van der Waals surface area contributed by atoms with Crippen LogP contribution in [-0.4, -0.2) is 66.8 Å². The van der Waals surface area contributed by atoms with E-state index in [1.807, 2.05) is 37.9 Å². The number of hydrazine groups is 1. The lowest BCUT2D eigenvalue weighted by molar-refractivity contribution is -0.145. The number of aromatic nitrogens is 1. The summed E-state index contributed by atoms with van der Waals surface area (Å²) in [5.41, 5.74) is 5.02. The monoisotopic (exact) mass is 532 g/mol. The van der Waals surface area contributed by atoms with E-state index in [4.69, 9.17) is 4.52 Å². The number of hydrogen-bond donors (Lipinski definition) is 2. The lowest BCUT2D eigenvalue weighted by Gasteiger charge is -2.28. The van der Waals surface area contributed by atoms with Crippen LogP contribution in [0.15, 0.2) is 34.9 Å². The molecule has 0 radical (unpaired) electrons. The third-order valence-corrected chi connectivity index (χ3v) is 6.53. The van der Waals surface area contributed by atoms with Crippen LogP contribution in [0.3, 0.4) is 0 Å². The number of aryl methyl sites for hydroxylation is 2. The first-order chi connectivity index (χ1) is 17.3. The summed E-state index contributed by atoms with van der Waals surface area (Å²) >= 11 is 0. The van der Waals surface area contributed by atoms with Gasteiger partial charge in [-0.3, -0.25) is 19.9 Å². The van der Waals surface area contributed by atoms with Crippen molar-refractivity contribution in [2.45, 2.75) is 33.9 Å². The molecule has 4 rings (SSSR count). The van der Waals surface area contributed by atoms with Gasteiger partial charge < -0.3 is 14.7 Å². The molecule has 1 aliphatic rings.